The minimum absolute atomic E-state index is 0.142. The van der Waals surface area contributed by atoms with Crippen molar-refractivity contribution in [1.82, 2.24) is 25.6 Å². The van der Waals surface area contributed by atoms with Crippen LogP contribution in [0.25, 0.3) is 0 Å². The maximum Gasteiger partial charge on any atom is 0.407 e. The van der Waals surface area contributed by atoms with Crippen LogP contribution in [0, 0.1) is 6.92 Å². The van der Waals surface area contributed by atoms with Gasteiger partial charge in [0.1, 0.15) is 16.4 Å². The second-order valence-corrected chi connectivity index (χ2v) is 7.26. The molecule has 0 atom stereocenters. The van der Waals surface area contributed by atoms with Gasteiger partial charge in [-0.1, -0.05) is 11.6 Å². The fourth-order valence-electron chi connectivity index (χ4n) is 2.03. The molecule has 0 aromatic carbocycles. The molecule has 27 heavy (non-hydrogen) atoms. The highest BCUT2D eigenvalue weighted by Crippen LogP contribution is 2.12. The molecule has 2 heterocycles. The Bertz CT molecular complexity index is 819. The van der Waals surface area contributed by atoms with Crippen molar-refractivity contribution < 1.29 is 14.3 Å². The van der Waals surface area contributed by atoms with Crippen LogP contribution < -0.4 is 10.6 Å². The van der Waals surface area contributed by atoms with E-state index >= 15 is 0 Å². The van der Waals surface area contributed by atoms with E-state index in [-0.39, 0.29) is 23.9 Å². The molecule has 0 fully saturated rings. The molecular formula is C18H22ClN5O3. The molecule has 2 N–H and O–H groups in total. The van der Waals surface area contributed by atoms with E-state index in [4.69, 9.17) is 16.3 Å². The summed E-state index contributed by atoms with van der Waals surface area (Å²) in [5.41, 5.74) is 1.60. The number of aromatic nitrogens is 3. The molecule has 2 amide bonds. The normalized spacial score (nSPS) is 11.0. The number of nitrogens with zero attached hydrogens (tertiary/aromatic N) is 3. The minimum Gasteiger partial charge on any atom is -0.444 e. The Balaban J connectivity index is 1.97. The first-order valence-corrected chi connectivity index (χ1v) is 8.69. The highest BCUT2D eigenvalue weighted by atomic mass is 35.5. The molecule has 8 nitrogen and oxygen atoms in total. The summed E-state index contributed by atoms with van der Waals surface area (Å²) in [7, 11) is 0. The third kappa shape index (κ3) is 7.18. The molecule has 9 heteroatoms. The molecule has 0 aliphatic carbocycles. The van der Waals surface area contributed by atoms with Crippen molar-refractivity contribution in [3.05, 3.63) is 52.3 Å². The summed E-state index contributed by atoms with van der Waals surface area (Å²) in [5, 5.41) is 5.48. The summed E-state index contributed by atoms with van der Waals surface area (Å²) < 4.78 is 5.17. The van der Waals surface area contributed by atoms with E-state index in [9.17, 15) is 9.59 Å². The molecule has 0 saturated carbocycles. The quantitative estimate of drug-likeness (QED) is 0.759. The number of aryl methyl sites for hydroxylation is 1. The largest absolute Gasteiger partial charge is 0.444 e. The molecule has 0 aliphatic heterocycles. The van der Waals surface area contributed by atoms with Crippen molar-refractivity contribution in [2.75, 3.05) is 0 Å². The monoisotopic (exact) mass is 391 g/mol. The Hall–Kier alpha value is -2.74. The lowest BCUT2D eigenvalue weighted by molar-refractivity contribution is 0.0523. The maximum absolute atomic E-state index is 12.3. The molecule has 0 spiro atoms. The number of ether oxygens (including phenoxy) is 1. The first kappa shape index (κ1) is 20.6. The summed E-state index contributed by atoms with van der Waals surface area (Å²) >= 11 is 5.99. The lowest BCUT2D eigenvalue weighted by Crippen LogP contribution is -2.32. The second kappa shape index (κ2) is 8.77. The fourth-order valence-corrected chi connectivity index (χ4v) is 2.26. The van der Waals surface area contributed by atoms with Crippen molar-refractivity contribution in [3.8, 4) is 0 Å². The summed E-state index contributed by atoms with van der Waals surface area (Å²) in [6.07, 6.45) is 2.66. The molecule has 2 aromatic heterocycles. The second-order valence-electron chi connectivity index (χ2n) is 6.87. The lowest BCUT2D eigenvalue weighted by Gasteiger charge is -2.19. The number of carbonyl (C=O) groups is 2. The smallest absolute Gasteiger partial charge is 0.407 e. The van der Waals surface area contributed by atoms with E-state index in [1.54, 1.807) is 45.3 Å². The maximum atomic E-state index is 12.3. The molecule has 0 unspecified atom stereocenters. The zero-order valence-electron chi connectivity index (χ0n) is 15.7. The van der Waals surface area contributed by atoms with Gasteiger partial charge >= 0.3 is 6.09 Å². The van der Waals surface area contributed by atoms with Crippen molar-refractivity contribution in [2.24, 2.45) is 0 Å². The third-order valence-corrected chi connectivity index (χ3v) is 3.38. The average Bonchev–Trinajstić information content (AvgIpc) is 2.57. The molecule has 0 saturated heterocycles. The van der Waals surface area contributed by atoms with Gasteiger partial charge in [-0.15, -0.1) is 0 Å². The van der Waals surface area contributed by atoms with Gasteiger partial charge < -0.3 is 15.4 Å². The van der Waals surface area contributed by atoms with E-state index in [0.29, 0.717) is 11.3 Å². The Morgan fingerprint density at radius 2 is 1.85 bits per heavy atom. The predicted octanol–water partition coefficient (Wildman–Crippen LogP) is 2.79. The van der Waals surface area contributed by atoms with Gasteiger partial charge in [0.05, 0.1) is 24.1 Å². The topological polar surface area (TPSA) is 106 Å². The molecule has 0 aliphatic rings. The van der Waals surface area contributed by atoms with Gasteiger partial charge in [0.15, 0.2) is 0 Å². The SMILES string of the molecule is Cc1cnc(CNC(=O)c2cc(CNC(=O)OC(C)(C)C)cc(Cl)n2)cn1. The lowest BCUT2D eigenvalue weighted by atomic mass is 10.2. The van der Waals surface area contributed by atoms with Gasteiger partial charge in [-0.2, -0.15) is 0 Å². The Kier molecular flexibility index (Phi) is 6.68. The number of nitrogens with one attached hydrogen (secondary N) is 2. The summed E-state index contributed by atoms with van der Waals surface area (Å²) in [6, 6.07) is 3.13. The van der Waals surface area contributed by atoms with Crippen LogP contribution >= 0.6 is 11.6 Å². The van der Waals surface area contributed by atoms with E-state index < -0.39 is 17.6 Å². The van der Waals surface area contributed by atoms with Gasteiger partial charge in [-0.3, -0.25) is 14.8 Å². The van der Waals surface area contributed by atoms with E-state index in [2.05, 4.69) is 25.6 Å². The molecule has 0 radical (unpaired) electrons. The van der Waals surface area contributed by atoms with E-state index in [0.717, 1.165) is 5.69 Å². The summed E-state index contributed by atoms with van der Waals surface area (Å²) in [5.74, 6) is -0.404. The number of pyridine rings is 1. The fraction of sp³-hybridized carbons (Fsp3) is 0.389. The Labute approximate surface area is 162 Å². The first-order chi connectivity index (χ1) is 12.6. The highest BCUT2D eigenvalue weighted by Gasteiger charge is 2.16. The molecular weight excluding hydrogens is 370 g/mol. The number of hydrogen-bond acceptors (Lipinski definition) is 6. The van der Waals surface area contributed by atoms with Crippen molar-refractivity contribution in [3.63, 3.8) is 0 Å². The summed E-state index contributed by atoms with van der Waals surface area (Å²) in [6.45, 7) is 7.52. The molecule has 0 bridgehead atoms. The van der Waals surface area contributed by atoms with Crippen LogP contribution in [-0.4, -0.2) is 32.6 Å². The summed E-state index contributed by atoms with van der Waals surface area (Å²) in [4.78, 5) is 36.4. The number of rotatable bonds is 5. The number of hydrogen-bond donors (Lipinski definition) is 2. The van der Waals surface area contributed by atoms with Gasteiger partial charge in [-0.05, 0) is 45.4 Å². The van der Waals surface area contributed by atoms with Crippen LogP contribution in [0.3, 0.4) is 0 Å². The van der Waals surface area contributed by atoms with Crippen LogP contribution in [0.1, 0.15) is 48.2 Å². The van der Waals surface area contributed by atoms with Crippen molar-refractivity contribution in [2.45, 2.75) is 46.4 Å². The average molecular weight is 392 g/mol. The van der Waals surface area contributed by atoms with Crippen molar-refractivity contribution in [1.29, 1.82) is 0 Å². The molecule has 2 aromatic rings. The van der Waals surface area contributed by atoms with Crippen LogP contribution in [0.2, 0.25) is 5.15 Å². The van der Waals surface area contributed by atoms with E-state index in [1.165, 1.54) is 0 Å². The zero-order chi connectivity index (χ0) is 20.0. The van der Waals surface area contributed by atoms with Crippen LogP contribution in [-0.2, 0) is 17.8 Å². The molecule has 144 valence electrons. The number of alkyl carbamates (subject to hydrolysis) is 1. The van der Waals surface area contributed by atoms with Crippen LogP contribution in [0.15, 0.2) is 24.5 Å². The highest BCUT2D eigenvalue weighted by molar-refractivity contribution is 6.29. The number of carbonyl (C=O) groups excluding carboxylic acids is 2. The van der Waals surface area contributed by atoms with Crippen molar-refractivity contribution >= 4 is 23.6 Å². The van der Waals surface area contributed by atoms with Crippen LogP contribution in [0.5, 0.6) is 0 Å². The van der Waals surface area contributed by atoms with Crippen LogP contribution in [0.4, 0.5) is 4.79 Å². The van der Waals surface area contributed by atoms with E-state index in [1.807, 2.05) is 6.92 Å². The first-order valence-electron chi connectivity index (χ1n) is 8.31. The number of halogens is 1. The Morgan fingerprint density at radius 1 is 1.11 bits per heavy atom. The molecule has 2 rings (SSSR count). The van der Waals surface area contributed by atoms with Gasteiger partial charge in [0, 0.05) is 12.7 Å². The van der Waals surface area contributed by atoms with Gasteiger partial charge in [0.2, 0.25) is 0 Å². The zero-order valence-corrected chi connectivity index (χ0v) is 16.4. The Morgan fingerprint density at radius 3 is 2.48 bits per heavy atom. The number of amides is 2. The predicted molar refractivity (Wildman–Crippen MR) is 100 cm³/mol. The standard InChI is InChI=1S/C18H22ClN5O3/c1-11-7-21-13(9-20-11)10-22-16(25)14-5-12(6-15(19)24-14)8-23-17(26)27-18(2,3)4/h5-7,9H,8,10H2,1-4H3,(H,22,25)(H,23,26). The van der Waals surface area contributed by atoms with Gasteiger partial charge in [0.25, 0.3) is 5.91 Å². The minimum atomic E-state index is -0.593. The van der Waals surface area contributed by atoms with Gasteiger partial charge in [-0.25, -0.2) is 9.78 Å². The third-order valence-electron chi connectivity index (χ3n) is 3.19.